The monoisotopic (exact) mass is 304 g/mol. The van der Waals surface area contributed by atoms with Crippen LogP contribution in [0.15, 0.2) is 66.7 Å². The lowest BCUT2D eigenvalue weighted by atomic mass is 9.74. The lowest BCUT2D eigenvalue weighted by Crippen LogP contribution is -2.22. The van der Waals surface area contributed by atoms with Gasteiger partial charge in [-0.15, -0.1) is 0 Å². The van der Waals surface area contributed by atoms with Gasteiger partial charge in [0.2, 0.25) is 0 Å². The lowest BCUT2D eigenvalue weighted by Gasteiger charge is -2.28. The minimum Gasteiger partial charge on any atom is -0.0843 e. The minimum atomic E-state index is -0.122. The molecular weight excluding hydrogens is 288 g/mol. The molecule has 0 amide bonds. The summed E-state index contributed by atoms with van der Waals surface area (Å²) in [7, 11) is 0. The van der Waals surface area contributed by atoms with Gasteiger partial charge in [0.1, 0.15) is 0 Å². The van der Waals surface area contributed by atoms with Crippen molar-refractivity contribution in [3.63, 3.8) is 0 Å². The van der Waals surface area contributed by atoms with Crippen molar-refractivity contribution < 1.29 is 0 Å². The van der Waals surface area contributed by atoms with E-state index in [1.165, 1.54) is 33.4 Å². The van der Waals surface area contributed by atoms with Gasteiger partial charge < -0.3 is 0 Å². The molecule has 0 saturated heterocycles. The number of rotatable bonds is 1. The fourth-order valence-corrected chi connectivity index (χ4v) is 3.83. The molecule has 0 heterocycles. The maximum atomic E-state index is 6.09. The molecule has 22 heavy (non-hydrogen) atoms. The van der Waals surface area contributed by atoms with Crippen LogP contribution >= 0.6 is 11.6 Å². The van der Waals surface area contributed by atoms with Crippen LogP contribution in [-0.4, -0.2) is 0 Å². The average Bonchev–Trinajstić information content (AvgIpc) is 2.79. The first-order valence-corrected chi connectivity index (χ1v) is 7.95. The SMILES string of the molecule is Cc1ccc2c(c1)C(C)(c1ccc(Cl)cc1)c1ccccc1-2. The molecule has 3 aromatic rings. The highest BCUT2D eigenvalue weighted by Gasteiger charge is 2.40. The third kappa shape index (κ3) is 1.77. The van der Waals surface area contributed by atoms with E-state index in [4.69, 9.17) is 11.6 Å². The van der Waals surface area contributed by atoms with E-state index in [1.807, 2.05) is 12.1 Å². The van der Waals surface area contributed by atoms with Crippen LogP contribution in [0.25, 0.3) is 11.1 Å². The van der Waals surface area contributed by atoms with Crippen molar-refractivity contribution in [3.8, 4) is 11.1 Å². The van der Waals surface area contributed by atoms with E-state index in [0.717, 1.165) is 5.02 Å². The predicted octanol–water partition coefficient (Wildman–Crippen LogP) is 5.98. The number of hydrogen-bond donors (Lipinski definition) is 0. The quantitative estimate of drug-likeness (QED) is 0.518. The summed E-state index contributed by atoms with van der Waals surface area (Å²) in [5.74, 6) is 0. The second kappa shape index (κ2) is 4.72. The summed E-state index contributed by atoms with van der Waals surface area (Å²) in [6.45, 7) is 4.48. The lowest BCUT2D eigenvalue weighted by molar-refractivity contribution is 0.713. The van der Waals surface area contributed by atoms with Crippen molar-refractivity contribution >= 4 is 11.6 Å². The van der Waals surface area contributed by atoms with Crippen LogP contribution in [0.5, 0.6) is 0 Å². The number of benzene rings is 3. The number of fused-ring (bicyclic) bond motifs is 3. The summed E-state index contributed by atoms with van der Waals surface area (Å²) in [5, 5.41) is 0.781. The summed E-state index contributed by atoms with van der Waals surface area (Å²) in [6, 6.07) is 23.8. The molecule has 3 aromatic carbocycles. The molecule has 1 unspecified atom stereocenters. The maximum absolute atomic E-state index is 6.09. The fraction of sp³-hybridized carbons (Fsp3) is 0.143. The van der Waals surface area contributed by atoms with Gasteiger partial charge in [0, 0.05) is 10.4 Å². The van der Waals surface area contributed by atoms with Gasteiger partial charge in [-0.2, -0.15) is 0 Å². The summed E-state index contributed by atoms with van der Waals surface area (Å²) in [5.41, 5.74) is 7.91. The van der Waals surface area contributed by atoms with Crippen LogP contribution in [0.4, 0.5) is 0 Å². The van der Waals surface area contributed by atoms with Crippen LogP contribution in [0.1, 0.15) is 29.2 Å². The van der Waals surface area contributed by atoms with Gasteiger partial charge in [0.25, 0.3) is 0 Å². The zero-order valence-electron chi connectivity index (χ0n) is 12.7. The van der Waals surface area contributed by atoms with E-state index in [2.05, 4.69) is 68.4 Å². The Morgan fingerprint density at radius 2 is 1.45 bits per heavy atom. The van der Waals surface area contributed by atoms with Crippen LogP contribution in [0.2, 0.25) is 5.02 Å². The van der Waals surface area contributed by atoms with Crippen molar-refractivity contribution in [1.29, 1.82) is 0 Å². The summed E-state index contributed by atoms with van der Waals surface area (Å²) >= 11 is 6.09. The first kappa shape index (κ1) is 13.6. The highest BCUT2D eigenvalue weighted by atomic mass is 35.5. The highest BCUT2D eigenvalue weighted by molar-refractivity contribution is 6.30. The van der Waals surface area contributed by atoms with Gasteiger partial charge in [-0.25, -0.2) is 0 Å². The third-order valence-electron chi connectivity index (χ3n) is 4.89. The van der Waals surface area contributed by atoms with Gasteiger partial charge in [0.05, 0.1) is 0 Å². The Kier molecular flexibility index (Phi) is 2.92. The summed E-state index contributed by atoms with van der Waals surface area (Å²) in [4.78, 5) is 0. The van der Waals surface area contributed by atoms with Crippen molar-refractivity contribution in [2.24, 2.45) is 0 Å². The van der Waals surface area contributed by atoms with Crippen molar-refractivity contribution in [2.75, 3.05) is 0 Å². The molecule has 1 aliphatic carbocycles. The van der Waals surface area contributed by atoms with Crippen LogP contribution in [0.3, 0.4) is 0 Å². The fourth-order valence-electron chi connectivity index (χ4n) is 3.70. The van der Waals surface area contributed by atoms with Gasteiger partial charge in [0.15, 0.2) is 0 Å². The third-order valence-corrected chi connectivity index (χ3v) is 5.14. The first-order valence-electron chi connectivity index (χ1n) is 7.58. The second-order valence-electron chi connectivity index (χ2n) is 6.23. The Morgan fingerprint density at radius 3 is 2.23 bits per heavy atom. The largest absolute Gasteiger partial charge is 0.0843 e. The minimum absolute atomic E-state index is 0.122. The Hall–Kier alpha value is -2.05. The van der Waals surface area contributed by atoms with Gasteiger partial charge in [-0.3, -0.25) is 0 Å². The molecule has 0 nitrogen and oxygen atoms in total. The highest BCUT2D eigenvalue weighted by Crippen LogP contribution is 2.52. The molecule has 1 aliphatic rings. The van der Waals surface area contributed by atoms with E-state index >= 15 is 0 Å². The molecular formula is C21H17Cl. The summed E-state index contributed by atoms with van der Waals surface area (Å²) < 4.78 is 0. The number of aryl methyl sites for hydroxylation is 1. The Labute approximate surface area is 136 Å². The van der Waals surface area contributed by atoms with Crippen LogP contribution in [-0.2, 0) is 5.41 Å². The molecule has 4 rings (SSSR count). The molecule has 0 N–H and O–H groups in total. The molecule has 1 heteroatoms. The van der Waals surface area contributed by atoms with E-state index in [9.17, 15) is 0 Å². The van der Waals surface area contributed by atoms with Gasteiger partial charge >= 0.3 is 0 Å². The van der Waals surface area contributed by atoms with E-state index < -0.39 is 0 Å². The van der Waals surface area contributed by atoms with Gasteiger partial charge in [-0.05, 0) is 53.8 Å². The molecule has 0 aliphatic heterocycles. The van der Waals surface area contributed by atoms with E-state index in [1.54, 1.807) is 0 Å². The molecule has 0 radical (unpaired) electrons. The molecule has 108 valence electrons. The van der Waals surface area contributed by atoms with Crippen LogP contribution < -0.4 is 0 Å². The summed E-state index contributed by atoms with van der Waals surface area (Å²) in [6.07, 6.45) is 0. The molecule has 0 spiro atoms. The molecule has 0 fully saturated rings. The van der Waals surface area contributed by atoms with Crippen molar-refractivity contribution in [2.45, 2.75) is 19.3 Å². The van der Waals surface area contributed by atoms with Crippen molar-refractivity contribution in [3.05, 3.63) is 94.0 Å². The van der Waals surface area contributed by atoms with E-state index in [-0.39, 0.29) is 5.41 Å². The first-order chi connectivity index (χ1) is 10.6. The zero-order chi connectivity index (χ0) is 15.3. The van der Waals surface area contributed by atoms with Gasteiger partial charge in [-0.1, -0.05) is 71.8 Å². The zero-order valence-corrected chi connectivity index (χ0v) is 13.5. The maximum Gasteiger partial charge on any atom is 0.0435 e. The number of halogens is 1. The van der Waals surface area contributed by atoms with Crippen LogP contribution in [0, 0.1) is 6.92 Å². The molecule has 0 bridgehead atoms. The van der Waals surface area contributed by atoms with Crippen molar-refractivity contribution in [1.82, 2.24) is 0 Å². The normalized spacial score (nSPS) is 18.9. The Morgan fingerprint density at radius 1 is 0.773 bits per heavy atom. The second-order valence-corrected chi connectivity index (χ2v) is 6.66. The molecule has 1 atom stereocenters. The Bertz CT molecular complexity index is 861. The smallest absolute Gasteiger partial charge is 0.0435 e. The van der Waals surface area contributed by atoms with E-state index in [0.29, 0.717) is 0 Å². The average molecular weight is 305 g/mol. The molecule has 0 saturated carbocycles. The standard InChI is InChI=1S/C21H17Cl/c1-14-7-12-18-17-5-3-4-6-19(17)21(2,20(18)13-14)15-8-10-16(22)11-9-15/h3-13H,1-2H3. The predicted molar refractivity (Wildman–Crippen MR) is 93.6 cm³/mol. The topological polar surface area (TPSA) is 0 Å². The number of hydrogen-bond acceptors (Lipinski definition) is 0. The Balaban J connectivity index is 2.07. The molecule has 0 aromatic heterocycles.